The minimum atomic E-state index is -0.491. The highest BCUT2D eigenvalue weighted by molar-refractivity contribution is 6.00. The van der Waals surface area contributed by atoms with Crippen LogP contribution in [0.25, 0.3) is 0 Å². The number of aryl methyl sites for hydroxylation is 1. The number of anilines is 1. The smallest absolute Gasteiger partial charge is 0.266 e. The van der Waals surface area contributed by atoms with Gasteiger partial charge in [-0.3, -0.25) is 9.59 Å². The van der Waals surface area contributed by atoms with E-state index in [4.69, 9.17) is 5.73 Å². The van der Waals surface area contributed by atoms with E-state index in [-0.39, 0.29) is 5.91 Å². The van der Waals surface area contributed by atoms with Crippen molar-refractivity contribution < 1.29 is 9.59 Å². The average Bonchev–Trinajstić information content (AvgIpc) is 3.04. The van der Waals surface area contributed by atoms with Crippen molar-refractivity contribution in [1.29, 1.82) is 0 Å². The molecule has 124 valence electrons. The van der Waals surface area contributed by atoms with Crippen LogP contribution in [0.5, 0.6) is 0 Å². The van der Waals surface area contributed by atoms with Crippen LogP contribution in [0, 0.1) is 0 Å². The van der Waals surface area contributed by atoms with E-state index in [1.54, 1.807) is 9.47 Å². The van der Waals surface area contributed by atoms with Gasteiger partial charge in [0.2, 0.25) is 0 Å². The van der Waals surface area contributed by atoms with Crippen molar-refractivity contribution in [1.82, 2.24) is 14.5 Å². The number of hydrogen-bond acceptors (Lipinski definition) is 4. The SMILES string of the molecule is NC(=O)c1cnc2n1CCN(C(=O)c1cccc3c1NCCC3)C2. The molecule has 3 N–H and O–H groups in total. The van der Waals surface area contributed by atoms with E-state index < -0.39 is 5.91 Å². The zero-order chi connectivity index (χ0) is 16.7. The van der Waals surface area contributed by atoms with Crippen LogP contribution >= 0.6 is 0 Å². The summed E-state index contributed by atoms with van der Waals surface area (Å²) in [5.41, 5.74) is 8.62. The van der Waals surface area contributed by atoms with Gasteiger partial charge in [0.25, 0.3) is 11.8 Å². The number of rotatable bonds is 2. The molecular formula is C17H19N5O2. The Morgan fingerprint density at radius 2 is 2.12 bits per heavy atom. The standard InChI is InChI=1S/C17H19N5O2/c18-16(23)13-9-20-14-10-21(7-8-22(13)14)17(24)12-5-1-3-11-4-2-6-19-15(11)12/h1,3,5,9,19H,2,4,6-8,10H2,(H2,18,23). The van der Waals surface area contributed by atoms with Gasteiger partial charge in [-0.15, -0.1) is 0 Å². The number of nitrogens with two attached hydrogens (primary N) is 1. The molecule has 1 aromatic carbocycles. The molecule has 4 rings (SSSR count). The lowest BCUT2D eigenvalue weighted by atomic mass is 9.98. The van der Waals surface area contributed by atoms with Gasteiger partial charge < -0.3 is 20.5 Å². The Bertz CT molecular complexity index is 826. The Kier molecular flexibility index (Phi) is 3.48. The first-order valence-corrected chi connectivity index (χ1v) is 8.14. The summed E-state index contributed by atoms with van der Waals surface area (Å²) in [4.78, 5) is 30.4. The van der Waals surface area contributed by atoms with E-state index in [0.717, 1.165) is 25.1 Å². The van der Waals surface area contributed by atoms with Gasteiger partial charge in [-0.2, -0.15) is 0 Å². The maximum atomic E-state index is 13.0. The highest BCUT2D eigenvalue weighted by Gasteiger charge is 2.27. The number of primary amides is 1. The van der Waals surface area contributed by atoms with Crippen molar-refractivity contribution in [3.63, 3.8) is 0 Å². The second-order valence-corrected chi connectivity index (χ2v) is 6.17. The molecule has 0 aliphatic carbocycles. The number of para-hydroxylation sites is 1. The molecule has 2 aliphatic heterocycles. The summed E-state index contributed by atoms with van der Waals surface area (Å²) in [5, 5.41) is 3.36. The zero-order valence-electron chi connectivity index (χ0n) is 13.3. The Balaban J connectivity index is 1.61. The summed E-state index contributed by atoms with van der Waals surface area (Å²) in [6.45, 7) is 2.34. The normalized spacial score (nSPS) is 16.1. The van der Waals surface area contributed by atoms with Crippen molar-refractivity contribution in [3.05, 3.63) is 47.0 Å². The fourth-order valence-electron chi connectivity index (χ4n) is 3.49. The van der Waals surface area contributed by atoms with Crippen LogP contribution in [0.4, 0.5) is 5.69 Å². The fraction of sp³-hybridized carbons (Fsp3) is 0.353. The van der Waals surface area contributed by atoms with E-state index in [0.29, 0.717) is 36.7 Å². The lowest BCUT2D eigenvalue weighted by Gasteiger charge is -2.30. The number of hydrogen-bond donors (Lipinski definition) is 2. The van der Waals surface area contributed by atoms with E-state index >= 15 is 0 Å². The van der Waals surface area contributed by atoms with Crippen molar-refractivity contribution in [2.75, 3.05) is 18.4 Å². The first-order valence-electron chi connectivity index (χ1n) is 8.14. The number of fused-ring (bicyclic) bond motifs is 2. The Labute approximate surface area is 139 Å². The molecule has 0 bridgehead atoms. The lowest BCUT2D eigenvalue weighted by Crippen LogP contribution is -2.39. The molecule has 7 nitrogen and oxygen atoms in total. The number of nitrogens with one attached hydrogen (secondary N) is 1. The minimum absolute atomic E-state index is 0.00359. The monoisotopic (exact) mass is 325 g/mol. The summed E-state index contributed by atoms with van der Waals surface area (Å²) < 4.78 is 1.80. The lowest BCUT2D eigenvalue weighted by molar-refractivity contribution is 0.0707. The van der Waals surface area contributed by atoms with Crippen LogP contribution in [-0.2, 0) is 19.5 Å². The van der Waals surface area contributed by atoms with Gasteiger partial charge in [0.1, 0.15) is 11.5 Å². The van der Waals surface area contributed by atoms with Gasteiger partial charge in [0, 0.05) is 19.6 Å². The predicted octanol–water partition coefficient (Wildman–Crippen LogP) is 0.996. The topological polar surface area (TPSA) is 93.2 Å². The largest absolute Gasteiger partial charge is 0.384 e. The highest BCUT2D eigenvalue weighted by Crippen LogP contribution is 2.28. The number of carbonyl (C=O) groups excluding carboxylic acids is 2. The Morgan fingerprint density at radius 3 is 2.96 bits per heavy atom. The van der Waals surface area contributed by atoms with Gasteiger partial charge in [-0.1, -0.05) is 12.1 Å². The molecule has 24 heavy (non-hydrogen) atoms. The molecule has 0 unspecified atom stereocenters. The third-order valence-corrected chi connectivity index (χ3v) is 4.71. The number of nitrogens with zero attached hydrogens (tertiary/aromatic N) is 3. The third kappa shape index (κ3) is 2.33. The first-order chi connectivity index (χ1) is 11.6. The fourth-order valence-corrected chi connectivity index (χ4v) is 3.49. The van der Waals surface area contributed by atoms with Gasteiger partial charge in [-0.05, 0) is 24.5 Å². The average molecular weight is 325 g/mol. The van der Waals surface area contributed by atoms with Crippen LogP contribution in [0.1, 0.15) is 38.7 Å². The molecule has 0 saturated heterocycles. The van der Waals surface area contributed by atoms with Gasteiger partial charge >= 0.3 is 0 Å². The van der Waals surface area contributed by atoms with Gasteiger partial charge in [0.15, 0.2) is 0 Å². The minimum Gasteiger partial charge on any atom is -0.384 e. The Morgan fingerprint density at radius 1 is 1.25 bits per heavy atom. The molecule has 3 heterocycles. The third-order valence-electron chi connectivity index (χ3n) is 4.71. The van der Waals surface area contributed by atoms with Crippen molar-refractivity contribution >= 4 is 17.5 Å². The molecule has 0 radical (unpaired) electrons. The summed E-state index contributed by atoms with van der Waals surface area (Å²) in [6.07, 6.45) is 3.56. The number of aromatic nitrogens is 2. The molecule has 2 amide bonds. The number of benzene rings is 1. The molecule has 7 heteroatoms. The maximum Gasteiger partial charge on any atom is 0.266 e. The number of amides is 2. The zero-order valence-corrected chi connectivity index (χ0v) is 13.3. The highest BCUT2D eigenvalue weighted by atomic mass is 16.2. The van der Waals surface area contributed by atoms with E-state index in [9.17, 15) is 9.59 Å². The quantitative estimate of drug-likeness (QED) is 0.861. The summed E-state index contributed by atoms with van der Waals surface area (Å²) in [7, 11) is 0. The maximum absolute atomic E-state index is 13.0. The molecule has 0 atom stereocenters. The molecular weight excluding hydrogens is 306 g/mol. The molecule has 0 fully saturated rings. The van der Waals surface area contributed by atoms with Crippen LogP contribution in [0.2, 0.25) is 0 Å². The Hall–Kier alpha value is -2.83. The van der Waals surface area contributed by atoms with Gasteiger partial charge in [-0.25, -0.2) is 4.98 Å². The molecule has 1 aromatic heterocycles. The molecule has 0 saturated carbocycles. The summed E-state index contributed by atoms with van der Waals surface area (Å²) >= 11 is 0. The first kappa shape index (κ1) is 14.7. The second kappa shape index (κ2) is 5.67. The van der Waals surface area contributed by atoms with E-state index in [1.807, 2.05) is 12.1 Å². The molecule has 0 spiro atoms. The number of imidazole rings is 1. The summed E-state index contributed by atoms with van der Waals surface area (Å²) in [6, 6.07) is 5.88. The van der Waals surface area contributed by atoms with Crippen molar-refractivity contribution in [2.24, 2.45) is 5.73 Å². The van der Waals surface area contributed by atoms with E-state index in [2.05, 4.69) is 16.4 Å². The van der Waals surface area contributed by atoms with E-state index in [1.165, 1.54) is 11.8 Å². The van der Waals surface area contributed by atoms with Crippen LogP contribution in [-0.4, -0.2) is 39.4 Å². The van der Waals surface area contributed by atoms with Crippen LogP contribution < -0.4 is 11.1 Å². The summed E-state index contributed by atoms with van der Waals surface area (Å²) in [5.74, 6) is 0.201. The van der Waals surface area contributed by atoms with Crippen LogP contribution in [0.15, 0.2) is 24.4 Å². The molecule has 2 aliphatic rings. The van der Waals surface area contributed by atoms with Crippen molar-refractivity contribution in [3.8, 4) is 0 Å². The van der Waals surface area contributed by atoms with Gasteiger partial charge in [0.05, 0.1) is 24.0 Å². The van der Waals surface area contributed by atoms with Crippen LogP contribution in [0.3, 0.4) is 0 Å². The molecule has 2 aromatic rings. The second-order valence-electron chi connectivity index (χ2n) is 6.17. The number of carbonyl (C=O) groups is 2. The predicted molar refractivity (Wildman–Crippen MR) is 88.7 cm³/mol. The van der Waals surface area contributed by atoms with Crippen molar-refractivity contribution in [2.45, 2.75) is 25.9 Å².